The van der Waals surface area contributed by atoms with Gasteiger partial charge in [0.2, 0.25) is 0 Å². The van der Waals surface area contributed by atoms with E-state index in [0.29, 0.717) is 0 Å². The van der Waals surface area contributed by atoms with Gasteiger partial charge in [0.15, 0.2) is 0 Å². The molecule has 142 valence electrons. The van der Waals surface area contributed by atoms with Crippen LogP contribution in [0.2, 0.25) is 0 Å². The van der Waals surface area contributed by atoms with Gasteiger partial charge in [0.25, 0.3) is 0 Å². The summed E-state index contributed by atoms with van der Waals surface area (Å²) >= 11 is 0. The number of nitrogens with zero attached hydrogens (tertiary/aromatic N) is 1. The summed E-state index contributed by atoms with van der Waals surface area (Å²) in [7, 11) is 0. The summed E-state index contributed by atoms with van der Waals surface area (Å²) in [6.45, 7) is 26.5. The second kappa shape index (κ2) is 4.29. The van der Waals surface area contributed by atoms with Crippen molar-refractivity contribution in [2.45, 2.75) is 92.5 Å². The van der Waals surface area contributed by atoms with Crippen LogP contribution >= 0.6 is 0 Å². The summed E-state index contributed by atoms with van der Waals surface area (Å²) in [5.74, 6) is 0. The van der Waals surface area contributed by atoms with Crippen LogP contribution in [-0.4, -0.2) is 4.57 Å². The van der Waals surface area contributed by atoms with Crippen molar-refractivity contribution >= 4 is 21.8 Å². The van der Waals surface area contributed by atoms with E-state index in [2.05, 4.69) is 80.7 Å². The summed E-state index contributed by atoms with van der Waals surface area (Å²) in [6.07, 6.45) is 0. The third kappa shape index (κ3) is 1.35. The van der Waals surface area contributed by atoms with Crippen LogP contribution in [0.5, 0.6) is 0 Å². The van der Waals surface area contributed by atoms with Gasteiger partial charge in [0.05, 0.1) is 16.6 Å². The van der Waals surface area contributed by atoms with Crippen molar-refractivity contribution in [3.63, 3.8) is 0 Å². The van der Waals surface area contributed by atoms with Crippen molar-refractivity contribution in [2.24, 2.45) is 0 Å². The number of rotatable bonds is 0. The first-order valence-corrected chi connectivity index (χ1v) is 10.4. The molecule has 2 aliphatic heterocycles. The van der Waals surface area contributed by atoms with E-state index in [0.717, 1.165) is 0 Å². The summed E-state index contributed by atoms with van der Waals surface area (Å²) in [5, 5.41) is 3.05. The molecule has 0 atom stereocenters. The molecule has 2 aliphatic rings. The molecule has 1 heteroatoms. The van der Waals surface area contributed by atoms with Crippen LogP contribution in [0.3, 0.4) is 0 Å². The molecule has 0 aliphatic carbocycles. The molecule has 0 bridgehead atoms. The number of hydrogen-bond acceptors (Lipinski definition) is 0. The van der Waals surface area contributed by atoms with Crippen LogP contribution in [0.25, 0.3) is 21.8 Å². The van der Waals surface area contributed by atoms with Gasteiger partial charge in [-0.15, -0.1) is 0 Å². The largest absolute Gasteiger partial charge is 0.332 e. The standard InChI is InChI=1S/C26H33N/c1-12-14(3)18-19-15(4)13(2)17(6)21-23(19)27-22(18)20(16(12)5)24(7,8)26(27,11)25(21,9)10/h1-11H3. The third-order valence-corrected chi connectivity index (χ3v) is 9.53. The maximum atomic E-state index is 2.78. The lowest BCUT2D eigenvalue weighted by Crippen LogP contribution is -2.53. The molecule has 0 N–H and O–H groups in total. The fraction of sp³-hybridized carbons (Fsp3) is 0.538. The van der Waals surface area contributed by atoms with E-state index >= 15 is 0 Å². The molecule has 0 radical (unpaired) electrons. The summed E-state index contributed by atoms with van der Waals surface area (Å²) in [5.41, 5.74) is 15.4. The van der Waals surface area contributed by atoms with E-state index < -0.39 is 0 Å². The Hall–Kier alpha value is -1.76. The van der Waals surface area contributed by atoms with Gasteiger partial charge in [0.1, 0.15) is 0 Å². The van der Waals surface area contributed by atoms with Crippen LogP contribution in [0, 0.1) is 41.5 Å². The lowest BCUT2D eigenvalue weighted by atomic mass is 9.57. The number of aromatic nitrogens is 1. The second-order valence-corrected chi connectivity index (χ2v) is 10.6. The van der Waals surface area contributed by atoms with Crippen molar-refractivity contribution in [3.05, 3.63) is 44.5 Å². The maximum absolute atomic E-state index is 2.78. The Morgan fingerprint density at radius 2 is 0.815 bits per heavy atom. The molecule has 3 heterocycles. The van der Waals surface area contributed by atoms with E-state index in [-0.39, 0.29) is 16.4 Å². The topological polar surface area (TPSA) is 4.93 Å². The normalized spacial score (nSPS) is 20.6. The van der Waals surface area contributed by atoms with Gasteiger partial charge in [-0.3, -0.25) is 0 Å². The van der Waals surface area contributed by atoms with Gasteiger partial charge in [-0.05, 0) is 93.0 Å². The van der Waals surface area contributed by atoms with Gasteiger partial charge in [-0.2, -0.15) is 0 Å². The molecule has 0 saturated heterocycles. The molecule has 3 aromatic rings. The van der Waals surface area contributed by atoms with Gasteiger partial charge in [-0.25, -0.2) is 0 Å². The average Bonchev–Trinajstić information content (AvgIpc) is 3.07. The fourth-order valence-electron chi connectivity index (χ4n) is 7.25. The summed E-state index contributed by atoms with van der Waals surface area (Å²) in [6, 6.07) is 0. The van der Waals surface area contributed by atoms with Crippen molar-refractivity contribution in [3.8, 4) is 0 Å². The molecule has 0 saturated carbocycles. The van der Waals surface area contributed by atoms with Gasteiger partial charge in [-0.1, -0.05) is 27.7 Å². The highest BCUT2D eigenvalue weighted by molar-refractivity contribution is 6.17. The first kappa shape index (κ1) is 17.3. The first-order valence-electron chi connectivity index (χ1n) is 10.4. The zero-order chi connectivity index (χ0) is 20.0. The summed E-state index contributed by atoms with van der Waals surface area (Å²) < 4.78 is 2.78. The van der Waals surface area contributed by atoms with Crippen molar-refractivity contribution in [1.29, 1.82) is 0 Å². The van der Waals surface area contributed by atoms with E-state index in [1.165, 1.54) is 55.2 Å². The Morgan fingerprint density at radius 1 is 0.481 bits per heavy atom. The van der Waals surface area contributed by atoms with Gasteiger partial charge in [0, 0.05) is 21.6 Å². The molecule has 0 amide bonds. The molecule has 27 heavy (non-hydrogen) atoms. The number of aryl methyl sites for hydroxylation is 2. The van der Waals surface area contributed by atoms with Gasteiger partial charge < -0.3 is 4.57 Å². The third-order valence-electron chi connectivity index (χ3n) is 9.53. The quantitative estimate of drug-likeness (QED) is 0.409. The van der Waals surface area contributed by atoms with Crippen LogP contribution in [0.15, 0.2) is 0 Å². The Balaban J connectivity index is 2.27. The monoisotopic (exact) mass is 359 g/mol. The van der Waals surface area contributed by atoms with E-state index in [1.54, 1.807) is 11.1 Å². The zero-order valence-electron chi connectivity index (χ0n) is 18.9. The maximum Gasteiger partial charge on any atom is 0.0607 e. The number of fused-ring (bicyclic) bond motifs is 1. The molecular weight excluding hydrogens is 326 g/mol. The zero-order valence-corrected chi connectivity index (χ0v) is 18.9. The van der Waals surface area contributed by atoms with Crippen LogP contribution in [0.1, 0.15) is 79.1 Å². The minimum absolute atomic E-state index is 0.0423. The SMILES string of the molecule is Cc1c(C)c2c3c(c1C)c1c(C)c(C)c(C)c4c1n3C(C)(C2(C)C)C4(C)C. The molecule has 1 nitrogen and oxygen atoms in total. The minimum atomic E-state index is 0.0423. The van der Waals surface area contributed by atoms with E-state index in [4.69, 9.17) is 0 Å². The van der Waals surface area contributed by atoms with Gasteiger partial charge >= 0.3 is 0 Å². The highest BCUT2D eigenvalue weighted by atomic mass is 15.2. The van der Waals surface area contributed by atoms with Crippen LogP contribution < -0.4 is 0 Å². The van der Waals surface area contributed by atoms with Crippen LogP contribution in [0.4, 0.5) is 0 Å². The average molecular weight is 360 g/mol. The second-order valence-electron chi connectivity index (χ2n) is 10.6. The van der Waals surface area contributed by atoms with E-state index in [1.807, 2.05) is 0 Å². The number of benzene rings is 2. The molecule has 0 unspecified atom stereocenters. The Kier molecular flexibility index (Phi) is 2.76. The van der Waals surface area contributed by atoms with Crippen molar-refractivity contribution < 1.29 is 0 Å². The molecule has 0 spiro atoms. The number of hydrogen-bond donors (Lipinski definition) is 0. The van der Waals surface area contributed by atoms with Crippen molar-refractivity contribution in [1.82, 2.24) is 4.57 Å². The lowest BCUT2D eigenvalue weighted by Gasteiger charge is -2.48. The van der Waals surface area contributed by atoms with Crippen molar-refractivity contribution in [2.75, 3.05) is 0 Å². The minimum Gasteiger partial charge on any atom is -0.332 e. The molecule has 0 fully saturated rings. The van der Waals surface area contributed by atoms with Crippen LogP contribution in [-0.2, 0) is 16.4 Å². The molecule has 2 aromatic carbocycles. The first-order chi connectivity index (χ1) is 12.3. The molecule has 5 rings (SSSR count). The highest BCUT2D eigenvalue weighted by Crippen LogP contribution is 2.67. The predicted molar refractivity (Wildman–Crippen MR) is 118 cm³/mol. The smallest absolute Gasteiger partial charge is 0.0607 e. The summed E-state index contributed by atoms with van der Waals surface area (Å²) in [4.78, 5) is 0. The Labute approximate surface area is 163 Å². The lowest BCUT2D eigenvalue weighted by molar-refractivity contribution is 0.119. The Bertz CT molecular complexity index is 1140. The highest BCUT2D eigenvalue weighted by Gasteiger charge is 2.64. The molecular formula is C26H33N. The van der Waals surface area contributed by atoms with E-state index in [9.17, 15) is 0 Å². The fourth-order valence-corrected chi connectivity index (χ4v) is 7.25. The predicted octanol–water partition coefficient (Wildman–Crippen LogP) is 6.94. The Morgan fingerprint density at radius 3 is 1.15 bits per heavy atom. The molecule has 1 aromatic heterocycles.